The Morgan fingerprint density at radius 3 is 2.49 bits per heavy atom. The number of benzene rings is 2. The molecular weight excluding hydrogens is 524 g/mol. The normalized spacial score (nSPS) is 16.3. The van der Waals surface area contributed by atoms with E-state index in [1.54, 1.807) is 32.0 Å². The minimum absolute atomic E-state index is 0.00932. The lowest BCUT2D eigenvalue weighted by molar-refractivity contribution is -0.132. The zero-order valence-electron chi connectivity index (χ0n) is 21.7. The van der Waals surface area contributed by atoms with Gasteiger partial charge in [-0.25, -0.2) is 9.78 Å². The van der Waals surface area contributed by atoms with E-state index >= 15 is 0 Å². The Hall–Kier alpha value is -4.64. The van der Waals surface area contributed by atoms with E-state index < -0.39 is 29.5 Å². The minimum atomic E-state index is -1.15. The average Bonchev–Trinajstić information content (AvgIpc) is 3.43. The number of ketones is 1. The molecule has 39 heavy (non-hydrogen) atoms. The predicted molar refractivity (Wildman–Crippen MR) is 145 cm³/mol. The number of aryl methyl sites for hydroxylation is 2. The molecule has 1 saturated heterocycles. The first-order chi connectivity index (χ1) is 18.6. The molecule has 0 aliphatic carbocycles. The highest BCUT2D eigenvalue weighted by Gasteiger charge is 2.48. The van der Waals surface area contributed by atoms with Crippen molar-refractivity contribution in [3.63, 3.8) is 0 Å². The number of anilines is 1. The van der Waals surface area contributed by atoms with Crippen LogP contribution in [0.1, 0.15) is 38.1 Å². The number of carbonyl (C=O) groups excluding carboxylic acids is 3. The van der Waals surface area contributed by atoms with Crippen LogP contribution in [0.5, 0.6) is 17.2 Å². The molecule has 4 rings (SSSR count). The molecule has 0 bridgehead atoms. The van der Waals surface area contributed by atoms with E-state index in [0.717, 1.165) is 16.2 Å². The monoisotopic (exact) mass is 550 g/mol. The first-order valence-corrected chi connectivity index (χ1v) is 12.5. The van der Waals surface area contributed by atoms with E-state index in [1.165, 1.54) is 38.5 Å². The fourth-order valence-corrected chi connectivity index (χ4v) is 5.25. The van der Waals surface area contributed by atoms with Gasteiger partial charge in [-0.15, -0.1) is 0 Å². The zero-order chi connectivity index (χ0) is 28.4. The second kappa shape index (κ2) is 11.0. The van der Waals surface area contributed by atoms with Crippen LogP contribution in [0.2, 0.25) is 0 Å². The Morgan fingerprint density at radius 1 is 1.13 bits per heavy atom. The third-order valence-corrected chi connectivity index (χ3v) is 7.28. The van der Waals surface area contributed by atoms with Crippen LogP contribution in [0, 0.1) is 13.8 Å². The molecule has 1 atom stereocenters. The summed E-state index contributed by atoms with van der Waals surface area (Å²) in [6, 6.07) is 8.03. The first-order valence-electron chi connectivity index (χ1n) is 11.7. The van der Waals surface area contributed by atoms with Crippen LogP contribution in [0.15, 0.2) is 54.6 Å². The Morgan fingerprint density at radius 2 is 1.85 bits per heavy atom. The van der Waals surface area contributed by atoms with Gasteiger partial charge in [-0.3, -0.25) is 14.5 Å². The first kappa shape index (κ1) is 27.4. The van der Waals surface area contributed by atoms with Gasteiger partial charge in [0, 0.05) is 5.56 Å². The second-order valence-corrected chi connectivity index (χ2v) is 9.56. The number of amides is 1. The summed E-state index contributed by atoms with van der Waals surface area (Å²) in [4.78, 5) is 45.1. The quantitative estimate of drug-likeness (QED) is 0.137. The van der Waals surface area contributed by atoms with Crippen molar-refractivity contribution in [2.24, 2.45) is 0 Å². The van der Waals surface area contributed by atoms with Crippen molar-refractivity contribution in [2.75, 3.05) is 25.7 Å². The average molecular weight is 551 g/mol. The molecule has 11 heteroatoms. The molecule has 10 nitrogen and oxygen atoms in total. The van der Waals surface area contributed by atoms with E-state index in [0.29, 0.717) is 28.1 Å². The number of nitrogens with zero attached hydrogens (tertiary/aromatic N) is 2. The van der Waals surface area contributed by atoms with Gasteiger partial charge < -0.3 is 24.4 Å². The van der Waals surface area contributed by atoms with Crippen LogP contribution >= 0.6 is 11.3 Å². The predicted octanol–water partition coefficient (Wildman–Crippen LogP) is 4.45. The number of Topliss-reactive ketones (excluding diaryl/α,β-unsaturated/α-hetero) is 1. The highest BCUT2D eigenvalue weighted by atomic mass is 32.1. The number of thiazole rings is 1. The highest BCUT2D eigenvalue weighted by Crippen LogP contribution is 2.45. The van der Waals surface area contributed by atoms with E-state index in [1.807, 2.05) is 0 Å². The fraction of sp³-hybridized carbons (Fsp3) is 0.214. The van der Waals surface area contributed by atoms with Gasteiger partial charge in [0.2, 0.25) is 0 Å². The van der Waals surface area contributed by atoms with Crippen molar-refractivity contribution in [1.29, 1.82) is 0 Å². The van der Waals surface area contributed by atoms with Gasteiger partial charge in [0.25, 0.3) is 5.78 Å². The van der Waals surface area contributed by atoms with Crippen LogP contribution in [0.3, 0.4) is 0 Å². The van der Waals surface area contributed by atoms with Crippen LogP contribution < -0.4 is 14.4 Å². The zero-order valence-corrected chi connectivity index (χ0v) is 22.5. The number of phenols is 1. The molecule has 2 N–H and O–H groups in total. The third-order valence-electron chi connectivity index (χ3n) is 6.14. The number of esters is 1. The van der Waals surface area contributed by atoms with Gasteiger partial charge in [-0.05, 0) is 55.3 Å². The lowest BCUT2D eigenvalue weighted by atomic mass is 9.94. The van der Waals surface area contributed by atoms with Gasteiger partial charge in [0.1, 0.15) is 23.0 Å². The van der Waals surface area contributed by atoms with Crippen molar-refractivity contribution in [3.05, 3.63) is 81.9 Å². The Kier molecular flexibility index (Phi) is 7.73. The van der Waals surface area contributed by atoms with Crippen molar-refractivity contribution in [3.8, 4) is 17.2 Å². The maximum atomic E-state index is 13.5. The summed E-state index contributed by atoms with van der Waals surface area (Å²) in [6.07, 6.45) is 1.42. The maximum Gasteiger partial charge on any atom is 0.350 e. The standard InChI is InChI=1S/C28H26N2O8S/c1-6-11-38-27(35)25-15(3)29-28(39-25)30-22(16-7-9-18(31)20(13-16)37-5)21(24(33)26(30)34)23(32)17-8-10-19(36-4)14(2)12-17/h6-10,12-13,22,31-32H,1,11H2,2-5H3/t22-/m0/s1. The molecule has 2 aromatic carbocycles. The summed E-state index contributed by atoms with van der Waals surface area (Å²) < 4.78 is 15.7. The van der Waals surface area contributed by atoms with Crippen molar-refractivity contribution < 1.29 is 38.8 Å². The molecule has 3 aromatic rings. The van der Waals surface area contributed by atoms with Gasteiger partial charge in [-0.1, -0.05) is 30.1 Å². The van der Waals surface area contributed by atoms with Crippen LogP contribution in [0.25, 0.3) is 5.76 Å². The Balaban J connectivity index is 1.93. The van der Waals surface area contributed by atoms with Crippen molar-refractivity contribution in [2.45, 2.75) is 19.9 Å². The number of hydrogen-bond acceptors (Lipinski definition) is 10. The van der Waals surface area contributed by atoms with Gasteiger partial charge in [0.15, 0.2) is 16.6 Å². The second-order valence-electron chi connectivity index (χ2n) is 8.58. The fourth-order valence-electron chi connectivity index (χ4n) is 4.27. The number of carbonyl (C=O) groups is 3. The number of methoxy groups -OCH3 is 2. The molecule has 0 spiro atoms. The van der Waals surface area contributed by atoms with Crippen LogP contribution in [-0.4, -0.2) is 53.7 Å². The molecule has 1 aromatic heterocycles. The maximum absolute atomic E-state index is 13.5. The number of aliphatic hydroxyl groups is 1. The lowest BCUT2D eigenvalue weighted by Crippen LogP contribution is -2.29. The van der Waals surface area contributed by atoms with Crippen molar-refractivity contribution in [1.82, 2.24) is 4.98 Å². The SMILES string of the molecule is C=CCOC(=O)c1sc(N2C(=O)C(=O)C(=C(O)c3ccc(OC)c(C)c3)[C@@H]2c2ccc(O)c(OC)c2)nc1C. The van der Waals surface area contributed by atoms with E-state index in [9.17, 15) is 24.6 Å². The molecule has 2 heterocycles. The molecular formula is C28H26N2O8S. The summed E-state index contributed by atoms with van der Waals surface area (Å²) in [6.45, 7) is 6.87. The molecule has 1 fully saturated rings. The molecule has 202 valence electrons. The molecule has 0 saturated carbocycles. The lowest BCUT2D eigenvalue weighted by Gasteiger charge is -2.23. The number of hydrogen-bond donors (Lipinski definition) is 2. The summed E-state index contributed by atoms with van der Waals surface area (Å²) in [7, 11) is 2.88. The highest BCUT2D eigenvalue weighted by molar-refractivity contribution is 7.17. The van der Waals surface area contributed by atoms with Gasteiger partial charge in [-0.2, -0.15) is 0 Å². The van der Waals surface area contributed by atoms with Gasteiger partial charge in [0.05, 0.1) is 31.5 Å². The summed E-state index contributed by atoms with van der Waals surface area (Å²) >= 11 is 0.881. The summed E-state index contributed by atoms with van der Waals surface area (Å²) in [5.74, 6) is -2.41. The summed E-state index contributed by atoms with van der Waals surface area (Å²) in [5.41, 5.74) is 1.47. The number of rotatable bonds is 8. The minimum Gasteiger partial charge on any atom is -0.507 e. The molecule has 0 radical (unpaired) electrons. The van der Waals surface area contributed by atoms with Crippen LogP contribution in [0.4, 0.5) is 5.13 Å². The van der Waals surface area contributed by atoms with E-state index in [-0.39, 0.29) is 33.7 Å². The molecule has 0 unspecified atom stereocenters. The molecule has 1 aliphatic heterocycles. The summed E-state index contributed by atoms with van der Waals surface area (Å²) in [5, 5.41) is 21.6. The molecule has 1 aliphatic rings. The number of aromatic nitrogens is 1. The number of aromatic hydroxyl groups is 1. The smallest absolute Gasteiger partial charge is 0.350 e. The van der Waals surface area contributed by atoms with E-state index in [2.05, 4.69) is 11.6 Å². The third kappa shape index (κ3) is 4.96. The number of phenolic OH excluding ortho intramolecular Hbond substituents is 1. The largest absolute Gasteiger partial charge is 0.507 e. The number of aliphatic hydroxyl groups excluding tert-OH is 1. The van der Waals surface area contributed by atoms with E-state index in [4.69, 9.17) is 14.2 Å². The Labute approximate surface area is 228 Å². The van der Waals surface area contributed by atoms with Gasteiger partial charge >= 0.3 is 11.9 Å². The molecule has 1 amide bonds. The van der Waals surface area contributed by atoms with Crippen molar-refractivity contribution >= 4 is 39.9 Å². The topological polar surface area (TPSA) is 135 Å². The van der Waals surface area contributed by atoms with Crippen LogP contribution in [-0.2, 0) is 14.3 Å². The Bertz CT molecular complexity index is 1520. The number of ether oxygens (including phenoxy) is 3.